The molecule has 0 saturated heterocycles. The summed E-state index contributed by atoms with van der Waals surface area (Å²) in [6.07, 6.45) is 0. The van der Waals surface area contributed by atoms with Crippen LogP contribution in [0.25, 0.3) is 9.40 Å². The molecule has 18 heavy (non-hydrogen) atoms. The van der Waals surface area contributed by atoms with E-state index in [1.165, 1.54) is 9.40 Å². The van der Waals surface area contributed by atoms with Crippen LogP contribution < -0.4 is 8.72 Å². The summed E-state index contributed by atoms with van der Waals surface area (Å²) in [6.45, 7) is 0. The van der Waals surface area contributed by atoms with Crippen LogP contribution in [0.5, 0.6) is 5.75 Å². The maximum absolute atomic E-state index is 5.23. The van der Waals surface area contributed by atoms with Crippen molar-refractivity contribution >= 4 is 37.8 Å². The van der Waals surface area contributed by atoms with Crippen molar-refractivity contribution in [3.8, 4) is 5.75 Å². The van der Waals surface area contributed by atoms with Crippen LogP contribution >= 0.6 is 22.7 Å². The smallest absolute Gasteiger partial charge is 0.172 e. The van der Waals surface area contributed by atoms with E-state index in [-0.39, 0.29) is 0 Å². The third kappa shape index (κ3) is 2.30. The topological polar surface area (TPSA) is 21.6 Å². The van der Waals surface area contributed by atoms with Crippen LogP contribution in [0, 0.1) is 0 Å². The highest BCUT2D eigenvalue weighted by Crippen LogP contribution is 2.26. The molecule has 0 aliphatic heterocycles. The van der Waals surface area contributed by atoms with Crippen molar-refractivity contribution < 1.29 is 4.74 Å². The molecule has 0 aliphatic rings. The Morgan fingerprint density at radius 2 is 1.72 bits per heavy atom. The maximum atomic E-state index is 5.23. The Hall–Kier alpha value is -1.65. The molecular formula is C14H11NOS2. The lowest BCUT2D eigenvalue weighted by atomic mass is 10.3. The van der Waals surface area contributed by atoms with E-state index in [9.17, 15) is 0 Å². The van der Waals surface area contributed by atoms with E-state index in [2.05, 4.69) is 17.1 Å². The highest BCUT2D eigenvalue weighted by molar-refractivity contribution is 7.35. The molecule has 2 aromatic carbocycles. The lowest BCUT2D eigenvalue weighted by Crippen LogP contribution is -1.82. The molecule has 90 valence electrons. The molecule has 0 fully saturated rings. The summed E-state index contributed by atoms with van der Waals surface area (Å²) in [5.41, 5.74) is 0.993. The van der Waals surface area contributed by atoms with E-state index >= 15 is 0 Å². The molecule has 0 spiro atoms. The molecular weight excluding hydrogens is 262 g/mol. The Morgan fingerprint density at radius 1 is 0.944 bits per heavy atom. The van der Waals surface area contributed by atoms with E-state index in [1.807, 2.05) is 36.4 Å². The third-order valence-electron chi connectivity index (χ3n) is 2.52. The summed E-state index contributed by atoms with van der Waals surface area (Å²) in [5, 5.41) is 0. The van der Waals surface area contributed by atoms with Gasteiger partial charge in [-0.3, -0.25) is 0 Å². The van der Waals surface area contributed by atoms with Gasteiger partial charge in [-0.2, -0.15) is 0 Å². The SMILES string of the molecule is COc1ccc2s/c(=N\c3ccccc3)sc2c1. The standard InChI is InChI=1S/C14H11NOS2/c1-16-11-7-8-12-13(9-11)18-14(17-12)15-10-5-3-2-4-6-10/h2-9H,1H3/b15-14+. The number of rotatable bonds is 2. The van der Waals surface area contributed by atoms with Gasteiger partial charge in [-0.25, -0.2) is 4.99 Å². The van der Waals surface area contributed by atoms with Gasteiger partial charge in [0, 0.05) is 4.70 Å². The molecule has 0 unspecified atom stereocenters. The zero-order valence-corrected chi connectivity index (χ0v) is 11.4. The summed E-state index contributed by atoms with van der Waals surface area (Å²) in [7, 11) is 1.69. The summed E-state index contributed by atoms with van der Waals surface area (Å²) < 4.78 is 8.75. The van der Waals surface area contributed by atoms with Gasteiger partial charge in [0.2, 0.25) is 0 Å². The number of ether oxygens (including phenoxy) is 1. The van der Waals surface area contributed by atoms with Crippen LogP contribution in [-0.2, 0) is 0 Å². The Balaban J connectivity index is 2.11. The summed E-state index contributed by atoms with van der Waals surface area (Å²) in [5.74, 6) is 0.891. The summed E-state index contributed by atoms with van der Waals surface area (Å²) in [6, 6.07) is 16.1. The van der Waals surface area contributed by atoms with Gasteiger partial charge in [0.05, 0.1) is 17.5 Å². The van der Waals surface area contributed by atoms with Crippen LogP contribution in [0.15, 0.2) is 53.5 Å². The van der Waals surface area contributed by atoms with E-state index < -0.39 is 0 Å². The van der Waals surface area contributed by atoms with Crippen LogP contribution in [0.4, 0.5) is 5.69 Å². The molecule has 1 aromatic heterocycles. The van der Waals surface area contributed by atoms with E-state index in [0.717, 1.165) is 15.4 Å². The lowest BCUT2D eigenvalue weighted by molar-refractivity contribution is 0.415. The molecule has 1 heterocycles. The van der Waals surface area contributed by atoms with Gasteiger partial charge < -0.3 is 4.74 Å². The Morgan fingerprint density at radius 3 is 2.50 bits per heavy atom. The molecule has 3 aromatic rings. The van der Waals surface area contributed by atoms with Crippen LogP contribution in [0.2, 0.25) is 0 Å². The van der Waals surface area contributed by atoms with Gasteiger partial charge in [0.25, 0.3) is 0 Å². The summed E-state index contributed by atoms with van der Waals surface area (Å²) >= 11 is 3.40. The van der Waals surface area contributed by atoms with Gasteiger partial charge in [-0.1, -0.05) is 18.2 Å². The van der Waals surface area contributed by atoms with Crippen molar-refractivity contribution in [2.45, 2.75) is 0 Å². The fourth-order valence-corrected chi connectivity index (χ4v) is 3.92. The first kappa shape index (κ1) is 11.4. The minimum atomic E-state index is 0.891. The normalized spacial score (nSPS) is 11.9. The van der Waals surface area contributed by atoms with Crippen LogP contribution in [0.3, 0.4) is 0 Å². The molecule has 0 saturated carbocycles. The van der Waals surface area contributed by atoms with Crippen molar-refractivity contribution in [1.29, 1.82) is 0 Å². The van der Waals surface area contributed by atoms with Gasteiger partial charge in [-0.05, 0) is 30.3 Å². The fraction of sp³-hybridized carbons (Fsp3) is 0.0714. The molecule has 3 rings (SSSR count). The number of benzene rings is 2. The van der Waals surface area contributed by atoms with E-state index in [0.29, 0.717) is 0 Å². The van der Waals surface area contributed by atoms with E-state index in [4.69, 9.17) is 4.74 Å². The van der Waals surface area contributed by atoms with Gasteiger partial charge >= 0.3 is 0 Å². The predicted molar refractivity (Wildman–Crippen MR) is 77.9 cm³/mol. The monoisotopic (exact) mass is 273 g/mol. The lowest BCUT2D eigenvalue weighted by Gasteiger charge is -1.96. The second-order valence-corrected chi connectivity index (χ2v) is 6.05. The summed E-state index contributed by atoms with van der Waals surface area (Å²) in [4.78, 5) is 4.63. The fourth-order valence-electron chi connectivity index (χ4n) is 1.64. The average molecular weight is 273 g/mol. The van der Waals surface area contributed by atoms with Crippen molar-refractivity contribution in [3.63, 3.8) is 0 Å². The number of methoxy groups -OCH3 is 1. The maximum Gasteiger partial charge on any atom is 0.172 e. The van der Waals surface area contributed by atoms with Crippen LogP contribution in [-0.4, -0.2) is 7.11 Å². The molecule has 2 nitrogen and oxygen atoms in total. The van der Waals surface area contributed by atoms with E-state index in [1.54, 1.807) is 29.8 Å². The Kier molecular flexibility index (Phi) is 3.13. The molecule has 4 heteroatoms. The van der Waals surface area contributed by atoms with Crippen molar-refractivity contribution in [1.82, 2.24) is 0 Å². The largest absolute Gasteiger partial charge is 0.497 e. The molecule has 0 atom stereocenters. The zero-order chi connectivity index (χ0) is 12.4. The van der Waals surface area contributed by atoms with Crippen molar-refractivity contribution in [2.24, 2.45) is 4.99 Å². The first-order valence-electron chi connectivity index (χ1n) is 5.52. The molecule has 0 N–H and O–H groups in total. The molecule has 0 amide bonds. The number of nitrogens with zero attached hydrogens (tertiary/aromatic N) is 1. The van der Waals surface area contributed by atoms with Crippen molar-refractivity contribution in [3.05, 3.63) is 52.5 Å². The minimum Gasteiger partial charge on any atom is -0.497 e. The highest BCUT2D eigenvalue weighted by atomic mass is 32.2. The first-order chi connectivity index (χ1) is 8.85. The Labute approximate surface area is 113 Å². The first-order valence-corrected chi connectivity index (χ1v) is 7.16. The minimum absolute atomic E-state index is 0.891. The second kappa shape index (κ2) is 4.92. The predicted octanol–water partition coefficient (Wildman–Crippen LogP) is 4.20. The quantitative estimate of drug-likeness (QED) is 0.685. The van der Waals surface area contributed by atoms with Crippen molar-refractivity contribution in [2.75, 3.05) is 7.11 Å². The molecule has 0 bridgehead atoms. The van der Waals surface area contributed by atoms with Gasteiger partial charge in [-0.15, -0.1) is 22.7 Å². The molecule has 0 radical (unpaired) electrons. The van der Waals surface area contributed by atoms with Crippen LogP contribution in [0.1, 0.15) is 0 Å². The zero-order valence-electron chi connectivity index (χ0n) is 9.79. The third-order valence-corrected chi connectivity index (χ3v) is 4.82. The second-order valence-electron chi connectivity index (χ2n) is 3.73. The number of hydrogen-bond acceptors (Lipinski definition) is 4. The number of hydrogen-bond donors (Lipinski definition) is 0. The van der Waals surface area contributed by atoms with Gasteiger partial charge in [0.15, 0.2) is 3.98 Å². The average Bonchev–Trinajstić information content (AvgIpc) is 2.80. The van der Waals surface area contributed by atoms with Gasteiger partial charge in [0.1, 0.15) is 5.75 Å². The number of para-hydroxylation sites is 1. The number of fused-ring (bicyclic) bond motifs is 1. The highest BCUT2D eigenvalue weighted by Gasteiger charge is 2.00. The molecule has 0 aliphatic carbocycles. The Bertz CT molecular complexity index is 728.